The first-order valence-electron chi connectivity index (χ1n) is 10.1. The Bertz CT molecular complexity index is 817. The minimum Gasteiger partial charge on any atom is -0.342 e. The number of benzene rings is 1. The molecule has 1 saturated carbocycles. The molecule has 8 nitrogen and oxygen atoms in total. The summed E-state index contributed by atoms with van der Waals surface area (Å²) in [6, 6.07) is 6.86. The molecule has 2 N–H and O–H groups in total. The number of anilines is 1. The summed E-state index contributed by atoms with van der Waals surface area (Å²) in [5.41, 5.74) is 0.752. The zero-order valence-corrected chi connectivity index (χ0v) is 17.0. The lowest BCUT2D eigenvalue weighted by Crippen LogP contribution is -2.48. The maximum atomic E-state index is 12.7. The van der Waals surface area contributed by atoms with Gasteiger partial charge in [-0.25, -0.2) is 4.79 Å². The second-order valence-electron chi connectivity index (χ2n) is 7.90. The zero-order valence-electron chi connectivity index (χ0n) is 17.0. The third-order valence-electron chi connectivity index (χ3n) is 5.68. The van der Waals surface area contributed by atoms with Gasteiger partial charge in [0, 0.05) is 39.2 Å². The molecule has 2 aliphatic rings. The number of urea groups is 1. The number of imide groups is 1. The first-order chi connectivity index (χ1) is 13.8. The molecule has 3 rings (SSSR count). The smallest absolute Gasteiger partial charge is 0.325 e. The number of nitrogens with zero attached hydrogens (tertiary/aromatic N) is 2. The Balaban J connectivity index is 1.54. The van der Waals surface area contributed by atoms with Gasteiger partial charge in [0.1, 0.15) is 5.54 Å². The number of hydrogen-bond donors (Lipinski definition) is 2. The minimum atomic E-state index is -0.761. The van der Waals surface area contributed by atoms with Gasteiger partial charge in [-0.05, 0) is 30.5 Å². The second-order valence-corrected chi connectivity index (χ2v) is 7.90. The summed E-state index contributed by atoms with van der Waals surface area (Å²) in [4.78, 5) is 51.5. The Morgan fingerprint density at radius 3 is 2.62 bits per heavy atom. The van der Waals surface area contributed by atoms with Gasteiger partial charge in [0.2, 0.25) is 11.8 Å². The van der Waals surface area contributed by atoms with Gasteiger partial charge in [0.05, 0.1) is 0 Å². The molecular weight excluding hydrogens is 372 g/mol. The second kappa shape index (κ2) is 8.63. The van der Waals surface area contributed by atoms with Gasteiger partial charge in [-0.15, -0.1) is 0 Å². The van der Waals surface area contributed by atoms with Gasteiger partial charge < -0.3 is 15.5 Å². The molecule has 1 aromatic carbocycles. The Labute approximate surface area is 170 Å². The standard InChI is InChI=1S/C21H28N4O4/c1-15(26)24(2)14-16-7-6-8-17(13-16)22-18(27)9-12-25-19(28)21(23-20(25)29)10-4-3-5-11-21/h6-8,13H,3-5,9-12,14H2,1-2H3,(H,22,27)(H,23,29). The van der Waals surface area contributed by atoms with Crippen molar-refractivity contribution in [1.29, 1.82) is 0 Å². The lowest BCUT2D eigenvalue weighted by molar-refractivity contribution is -0.132. The molecule has 1 aromatic rings. The van der Waals surface area contributed by atoms with Gasteiger partial charge in [-0.2, -0.15) is 0 Å². The van der Waals surface area contributed by atoms with E-state index < -0.39 is 11.6 Å². The molecule has 1 aliphatic heterocycles. The maximum Gasteiger partial charge on any atom is 0.325 e. The van der Waals surface area contributed by atoms with Crippen LogP contribution in [0, 0.1) is 0 Å². The molecular formula is C21H28N4O4. The van der Waals surface area contributed by atoms with Crippen molar-refractivity contribution in [3.8, 4) is 0 Å². The fourth-order valence-corrected chi connectivity index (χ4v) is 3.94. The summed E-state index contributed by atoms with van der Waals surface area (Å²) in [6.45, 7) is 2.01. The average Bonchev–Trinajstić information content (AvgIpc) is 2.90. The normalized spacial score (nSPS) is 17.9. The van der Waals surface area contributed by atoms with Crippen LogP contribution in [0.15, 0.2) is 24.3 Å². The van der Waals surface area contributed by atoms with E-state index in [1.54, 1.807) is 18.0 Å². The molecule has 2 fully saturated rings. The van der Waals surface area contributed by atoms with E-state index in [0.29, 0.717) is 25.1 Å². The van der Waals surface area contributed by atoms with Crippen LogP contribution in [0.25, 0.3) is 0 Å². The number of carbonyl (C=O) groups is 4. The molecule has 1 spiro atoms. The summed E-state index contributed by atoms with van der Waals surface area (Å²) in [6.07, 6.45) is 4.30. The van der Waals surface area contributed by atoms with Crippen LogP contribution >= 0.6 is 0 Å². The number of rotatable bonds is 6. The van der Waals surface area contributed by atoms with Crippen LogP contribution in [0.4, 0.5) is 10.5 Å². The van der Waals surface area contributed by atoms with E-state index in [1.165, 1.54) is 11.8 Å². The van der Waals surface area contributed by atoms with Crippen molar-refractivity contribution in [2.45, 2.75) is 57.5 Å². The Hall–Kier alpha value is -2.90. The molecule has 0 bridgehead atoms. The van der Waals surface area contributed by atoms with Crippen molar-refractivity contribution >= 4 is 29.4 Å². The number of carbonyl (C=O) groups excluding carboxylic acids is 4. The summed E-state index contributed by atoms with van der Waals surface area (Å²) < 4.78 is 0. The van der Waals surface area contributed by atoms with E-state index in [4.69, 9.17) is 0 Å². The topological polar surface area (TPSA) is 98.8 Å². The molecule has 0 unspecified atom stereocenters. The van der Waals surface area contributed by atoms with Crippen LogP contribution in [-0.4, -0.2) is 52.7 Å². The number of hydrogen-bond acceptors (Lipinski definition) is 4. The first-order valence-corrected chi connectivity index (χ1v) is 10.1. The summed E-state index contributed by atoms with van der Waals surface area (Å²) >= 11 is 0. The zero-order chi connectivity index (χ0) is 21.0. The highest BCUT2D eigenvalue weighted by Gasteiger charge is 2.51. The lowest BCUT2D eigenvalue weighted by atomic mass is 9.82. The van der Waals surface area contributed by atoms with Crippen molar-refractivity contribution in [2.24, 2.45) is 0 Å². The highest BCUT2D eigenvalue weighted by atomic mass is 16.2. The molecule has 156 valence electrons. The minimum absolute atomic E-state index is 0.0345. The molecule has 29 heavy (non-hydrogen) atoms. The van der Waals surface area contributed by atoms with Crippen molar-refractivity contribution < 1.29 is 19.2 Å². The fraction of sp³-hybridized carbons (Fsp3) is 0.524. The first kappa shape index (κ1) is 20.8. The van der Waals surface area contributed by atoms with Crippen LogP contribution in [0.3, 0.4) is 0 Å². The van der Waals surface area contributed by atoms with Crippen molar-refractivity contribution in [1.82, 2.24) is 15.1 Å². The summed E-state index contributed by atoms with van der Waals surface area (Å²) in [5.74, 6) is -0.514. The van der Waals surface area contributed by atoms with Gasteiger partial charge in [0.15, 0.2) is 0 Å². The van der Waals surface area contributed by atoms with Gasteiger partial charge >= 0.3 is 6.03 Å². The van der Waals surface area contributed by atoms with E-state index in [-0.39, 0.29) is 30.7 Å². The summed E-state index contributed by atoms with van der Waals surface area (Å²) in [5, 5.41) is 5.65. The molecule has 0 aromatic heterocycles. The fourth-order valence-electron chi connectivity index (χ4n) is 3.94. The molecule has 8 heteroatoms. The van der Waals surface area contributed by atoms with Crippen LogP contribution in [0.2, 0.25) is 0 Å². The van der Waals surface area contributed by atoms with E-state index in [0.717, 1.165) is 24.8 Å². The molecule has 0 radical (unpaired) electrons. The van der Waals surface area contributed by atoms with Crippen molar-refractivity contribution in [3.63, 3.8) is 0 Å². The van der Waals surface area contributed by atoms with Gasteiger partial charge in [-0.3, -0.25) is 19.3 Å². The largest absolute Gasteiger partial charge is 0.342 e. The Morgan fingerprint density at radius 1 is 1.21 bits per heavy atom. The predicted molar refractivity (Wildman–Crippen MR) is 108 cm³/mol. The lowest BCUT2D eigenvalue weighted by Gasteiger charge is -2.30. The van der Waals surface area contributed by atoms with Crippen molar-refractivity contribution in [3.05, 3.63) is 29.8 Å². The van der Waals surface area contributed by atoms with Crippen LogP contribution in [0.5, 0.6) is 0 Å². The number of amides is 5. The van der Waals surface area contributed by atoms with Crippen LogP contribution in [-0.2, 0) is 20.9 Å². The third-order valence-corrected chi connectivity index (χ3v) is 5.68. The molecule has 1 aliphatic carbocycles. The van der Waals surface area contributed by atoms with Gasteiger partial charge in [-0.1, -0.05) is 31.4 Å². The summed E-state index contributed by atoms with van der Waals surface area (Å²) in [7, 11) is 1.71. The van der Waals surface area contributed by atoms with Crippen molar-refractivity contribution in [2.75, 3.05) is 18.9 Å². The molecule has 1 saturated heterocycles. The van der Waals surface area contributed by atoms with Crippen LogP contribution < -0.4 is 10.6 Å². The highest BCUT2D eigenvalue weighted by molar-refractivity contribution is 6.07. The van der Waals surface area contributed by atoms with E-state index >= 15 is 0 Å². The highest BCUT2D eigenvalue weighted by Crippen LogP contribution is 2.33. The van der Waals surface area contributed by atoms with Crippen LogP contribution in [0.1, 0.15) is 51.0 Å². The molecule has 0 atom stereocenters. The average molecular weight is 400 g/mol. The Morgan fingerprint density at radius 2 is 1.93 bits per heavy atom. The Kier molecular flexibility index (Phi) is 6.20. The van der Waals surface area contributed by atoms with E-state index in [9.17, 15) is 19.2 Å². The van der Waals surface area contributed by atoms with Gasteiger partial charge in [0.25, 0.3) is 5.91 Å². The number of nitrogens with one attached hydrogen (secondary N) is 2. The monoisotopic (exact) mass is 400 g/mol. The third kappa shape index (κ3) is 4.75. The quantitative estimate of drug-likeness (QED) is 0.716. The van der Waals surface area contributed by atoms with E-state index in [1.807, 2.05) is 18.2 Å². The molecule has 5 amide bonds. The molecule has 1 heterocycles. The predicted octanol–water partition coefficient (Wildman–Crippen LogP) is 2.25. The SMILES string of the molecule is CC(=O)N(C)Cc1cccc(NC(=O)CCN2C(=O)NC3(CCCCC3)C2=O)c1. The van der Waals surface area contributed by atoms with E-state index in [2.05, 4.69) is 10.6 Å². The maximum absolute atomic E-state index is 12.7.